The predicted octanol–water partition coefficient (Wildman–Crippen LogP) is 4.89. The van der Waals surface area contributed by atoms with Gasteiger partial charge in [0.1, 0.15) is 11.5 Å². The van der Waals surface area contributed by atoms with Gasteiger partial charge >= 0.3 is 0 Å². The Kier molecular flexibility index (Phi) is 4.10. The van der Waals surface area contributed by atoms with E-state index in [2.05, 4.69) is 21.3 Å². The van der Waals surface area contributed by atoms with Crippen LogP contribution in [0.25, 0.3) is 10.2 Å². The van der Waals surface area contributed by atoms with Gasteiger partial charge in [-0.2, -0.15) is 0 Å². The van der Waals surface area contributed by atoms with Crippen molar-refractivity contribution in [2.45, 2.75) is 38.3 Å². The SMILES string of the molecule is O=C(NCc1ccc(F)cc1)c1cc2sccc2n1C1CCCC1. The van der Waals surface area contributed by atoms with Crippen LogP contribution >= 0.6 is 11.3 Å². The Bertz CT molecular complexity index is 859. The highest BCUT2D eigenvalue weighted by Crippen LogP contribution is 2.36. The molecule has 0 saturated heterocycles. The molecule has 2 aromatic heterocycles. The standard InChI is InChI=1S/C19H19FN2OS/c20-14-7-5-13(6-8-14)12-21-19(23)17-11-18-16(9-10-24-18)22(17)15-3-1-2-4-15/h5-11,15H,1-4,12H2,(H,21,23). The summed E-state index contributed by atoms with van der Waals surface area (Å²) in [6, 6.07) is 10.8. The fraction of sp³-hybridized carbons (Fsp3) is 0.316. The van der Waals surface area contributed by atoms with Gasteiger partial charge in [-0.1, -0.05) is 25.0 Å². The Hall–Kier alpha value is -2.14. The third-order valence-corrected chi connectivity index (χ3v) is 5.60. The first kappa shape index (κ1) is 15.4. The van der Waals surface area contributed by atoms with Gasteiger partial charge < -0.3 is 9.88 Å². The molecule has 3 aromatic rings. The summed E-state index contributed by atoms with van der Waals surface area (Å²) in [5.74, 6) is -0.324. The highest BCUT2D eigenvalue weighted by atomic mass is 32.1. The predicted molar refractivity (Wildman–Crippen MR) is 94.9 cm³/mol. The number of aromatic nitrogens is 1. The van der Waals surface area contributed by atoms with E-state index in [0.717, 1.165) is 28.8 Å². The Labute approximate surface area is 144 Å². The van der Waals surface area contributed by atoms with Crippen molar-refractivity contribution < 1.29 is 9.18 Å². The molecule has 0 aliphatic heterocycles. The second kappa shape index (κ2) is 6.40. The fourth-order valence-corrected chi connectivity index (χ4v) is 4.36. The molecule has 0 unspecified atom stereocenters. The van der Waals surface area contributed by atoms with E-state index in [4.69, 9.17) is 0 Å². The van der Waals surface area contributed by atoms with E-state index in [0.29, 0.717) is 12.6 Å². The van der Waals surface area contributed by atoms with Gasteiger partial charge in [0.15, 0.2) is 0 Å². The minimum atomic E-state index is -0.263. The minimum absolute atomic E-state index is 0.0605. The number of carbonyl (C=O) groups is 1. The zero-order valence-corrected chi connectivity index (χ0v) is 14.1. The molecular formula is C19H19FN2OS. The Morgan fingerprint density at radius 2 is 1.96 bits per heavy atom. The van der Waals surface area contributed by atoms with E-state index in [1.807, 2.05) is 6.07 Å². The molecule has 2 heterocycles. The minimum Gasteiger partial charge on any atom is -0.347 e. The number of rotatable bonds is 4. The first-order valence-corrected chi connectivity index (χ1v) is 9.21. The molecule has 1 aliphatic carbocycles. The van der Waals surface area contributed by atoms with Crippen molar-refractivity contribution in [1.82, 2.24) is 9.88 Å². The third kappa shape index (κ3) is 2.84. The van der Waals surface area contributed by atoms with Crippen molar-refractivity contribution >= 4 is 27.5 Å². The molecule has 0 bridgehead atoms. The maximum atomic E-state index is 13.0. The zero-order chi connectivity index (χ0) is 16.5. The summed E-state index contributed by atoms with van der Waals surface area (Å²) in [5.41, 5.74) is 2.80. The van der Waals surface area contributed by atoms with Crippen LogP contribution in [0.3, 0.4) is 0 Å². The van der Waals surface area contributed by atoms with Gasteiger partial charge in [0, 0.05) is 12.6 Å². The van der Waals surface area contributed by atoms with Crippen LogP contribution in [0.15, 0.2) is 41.8 Å². The monoisotopic (exact) mass is 342 g/mol. The number of fused-ring (bicyclic) bond motifs is 1. The highest BCUT2D eigenvalue weighted by molar-refractivity contribution is 7.17. The lowest BCUT2D eigenvalue weighted by atomic mass is 10.2. The van der Waals surface area contributed by atoms with Crippen LogP contribution in [-0.4, -0.2) is 10.5 Å². The Morgan fingerprint density at radius 1 is 1.21 bits per heavy atom. The second-order valence-electron chi connectivity index (χ2n) is 6.32. The van der Waals surface area contributed by atoms with Crippen LogP contribution in [0.5, 0.6) is 0 Å². The third-order valence-electron chi connectivity index (χ3n) is 4.75. The lowest BCUT2D eigenvalue weighted by molar-refractivity contribution is 0.0940. The molecule has 0 radical (unpaired) electrons. The molecule has 5 heteroatoms. The number of amides is 1. The van der Waals surface area contributed by atoms with Gasteiger partial charge in [-0.3, -0.25) is 4.79 Å². The van der Waals surface area contributed by atoms with Gasteiger partial charge in [-0.15, -0.1) is 11.3 Å². The average Bonchev–Trinajstić information content (AvgIpc) is 3.30. The van der Waals surface area contributed by atoms with Crippen LogP contribution in [0.1, 0.15) is 47.8 Å². The number of nitrogens with zero attached hydrogens (tertiary/aromatic N) is 1. The molecule has 124 valence electrons. The Morgan fingerprint density at radius 3 is 2.71 bits per heavy atom. The molecule has 0 atom stereocenters. The fourth-order valence-electron chi connectivity index (χ4n) is 3.55. The zero-order valence-electron chi connectivity index (χ0n) is 13.3. The van der Waals surface area contributed by atoms with Gasteiger partial charge in [0.05, 0.1) is 10.2 Å². The van der Waals surface area contributed by atoms with Crippen molar-refractivity contribution in [2.75, 3.05) is 0 Å². The van der Waals surface area contributed by atoms with Gasteiger partial charge in [-0.05, 0) is 48.1 Å². The summed E-state index contributed by atoms with van der Waals surface area (Å²) in [6.45, 7) is 0.405. The maximum absolute atomic E-state index is 13.0. The summed E-state index contributed by atoms with van der Waals surface area (Å²) >= 11 is 1.67. The summed E-state index contributed by atoms with van der Waals surface area (Å²) in [7, 11) is 0. The molecule has 4 rings (SSSR count). The lowest BCUT2D eigenvalue weighted by Gasteiger charge is -2.17. The van der Waals surface area contributed by atoms with E-state index in [1.165, 1.54) is 30.5 Å². The molecule has 0 spiro atoms. The van der Waals surface area contributed by atoms with Crippen LogP contribution in [0.2, 0.25) is 0 Å². The summed E-state index contributed by atoms with van der Waals surface area (Å²) in [6.07, 6.45) is 4.73. The number of hydrogen-bond donors (Lipinski definition) is 1. The summed E-state index contributed by atoms with van der Waals surface area (Å²) in [5, 5.41) is 5.05. The first-order chi connectivity index (χ1) is 11.7. The van der Waals surface area contributed by atoms with Crippen molar-refractivity contribution in [3.8, 4) is 0 Å². The normalized spacial score (nSPS) is 15.2. The quantitative estimate of drug-likeness (QED) is 0.720. The molecule has 1 aromatic carbocycles. The number of benzene rings is 1. The van der Waals surface area contributed by atoms with Crippen LogP contribution in [-0.2, 0) is 6.54 Å². The van der Waals surface area contributed by atoms with Crippen molar-refractivity contribution in [3.63, 3.8) is 0 Å². The summed E-state index contributed by atoms with van der Waals surface area (Å²) < 4.78 is 16.4. The van der Waals surface area contributed by atoms with Crippen molar-refractivity contribution in [1.29, 1.82) is 0 Å². The first-order valence-electron chi connectivity index (χ1n) is 8.33. The average molecular weight is 342 g/mol. The van der Waals surface area contributed by atoms with Crippen LogP contribution in [0.4, 0.5) is 4.39 Å². The largest absolute Gasteiger partial charge is 0.347 e. The molecule has 1 N–H and O–H groups in total. The smallest absolute Gasteiger partial charge is 0.268 e. The highest BCUT2D eigenvalue weighted by Gasteiger charge is 2.24. The van der Waals surface area contributed by atoms with E-state index < -0.39 is 0 Å². The van der Waals surface area contributed by atoms with Crippen LogP contribution in [0, 0.1) is 5.82 Å². The number of halogens is 1. The van der Waals surface area contributed by atoms with E-state index in [1.54, 1.807) is 23.5 Å². The Balaban J connectivity index is 1.58. The lowest BCUT2D eigenvalue weighted by Crippen LogP contribution is -2.26. The number of thiophene rings is 1. The van der Waals surface area contributed by atoms with Gasteiger partial charge in [0.25, 0.3) is 5.91 Å². The van der Waals surface area contributed by atoms with Gasteiger partial charge in [-0.25, -0.2) is 4.39 Å². The van der Waals surface area contributed by atoms with Gasteiger partial charge in [0.2, 0.25) is 0 Å². The number of hydrogen-bond acceptors (Lipinski definition) is 2. The van der Waals surface area contributed by atoms with E-state index in [9.17, 15) is 9.18 Å². The van der Waals surface area contributed by atoms with Crippen molar-refractivity contribution in [2.24, 2.45) is 0 Å². The second-order valence-corrected chi connectivity index (χ2v) is 7.26. The molecule has 3 nitrogen and oxygen atoms in total. The summed E-state index contributed by atoms with van der Waals surface area (Å²) in [4.78, 5) is 12.7. The molecular weight excluding hydrogens is 323 g/mol. The molecule has 1 aliphatic rings. The van der Waals surface area contributed by atoms with Crippen molar-refractivity contribution in [3.05, 3.63) is 58.9 Å². The van der Waals surface area contributed by atoms with E-state index in [-0.39, 0.29) is 11.7 Å². The molecule has 1 amide bonds. The number of carbonyl (C=O) groups excluding carboxylic acids is 1. The topological polar surface area (TPSA) is 34.0 Å². The number of nitrogens with one attached hydrogen (secondary N) is 1. The van der Waals surface area contributed by atoms with Crippen LogP contribution < -0.4 is 5.32 Å². The molecule has 1 fully saturated rings. The maximum Gasteiger partial charge on any atom is 0.268 e. The molecule has 24 heavy (non-hydrogen) atoms. The van der Waals surface area contributed by atoms with E-state index >= 15 is 0 Å². The molecule has 1 saturated carbocycles.